The van der Waals surface area contributed by atoms with Gasteiger partial charge < -0.3 is 14.8 Å². The van der Waals surface area contributed by atoms with E-state index in [1.54, 1.807) is 7.11 Å². The number of nitrogens with one attached hydrogen (secondary N) is 1. The van der Waals surface area contributed by atoms with Crippen LogP contribution < -0.4 is 14.8 Å². The smallest absolute Gasteiger partial charge is 0.175 e. The molecule has 0 radical (unpaired) electrons. The second-order valence-electron chi connectivity index (χ2n) is 4.84. The summed E-state index contributed by atoms with van der Waals surface area (Å²) in [6.45, 7) is 6.95. The largest absolute Gasteiger partial charge is 0.493 e. The van der Waals surface area contributed by atoms with Crippen molar-refractivity contribution >= 4 is 15.9 Å². The van der Waals surface area contributed by atoms with E-state index in [0.717, 1.165) is 48.5 Å². The summed E-state index contributed by atoms with van der Waals surface area (Å²) in [6.07, 6.45) is 4.60. The third-order valence-electron chi connectivity index (χ3n) is 3.04. The lowest BCUT2D eigenvalue weighted by atomic mass is 10.2. The second-order valence-corrected chi connectivity index (χ2v) is 5.70. The first-order valence-corrected chi connectivity index (χ1v) is 8.22. The Hall–Kier alpha value is -0.740. The Labute approximate surface area is 131 Å². The Balaban J connectivity index is 2.69. The number of halogens is 1. The van der Waals surface area contributed by atoms with E-state index in [0.29, 0.717) is 0 Å². The average molecular weight is 344 g/mol. The van der Waals surface area contributed by atoms with Crippen molar-refractivity contribution in [2.75, 3.05) is 20.3 Å². The van der Waals surface area contributed by atoms with Crippen LogP contribution in [0.15, 0.2) is 16.6 Å². The van der Waals surface area contributed by atoms with Gasteiger partial charge in [-0.2, -0.15) is 0 Å². The fourth-order valence-corrected chi connectivity index (χ4v) is 2.56. The van der Waals surface area contributed by atoms with Gasteiger partial charge in [0.15, 0.2) is 11.5 Å². The SMILES string of the molecule is CCCCCOc1c(Br)cc(CNCCC)cc1OC. The van der Waals surface area contributed by atoms with E-state index in [2.05, 4.69) is 41.2 Å². The maximum absolute atomic E-state index is 5.85. The molecule has 0 heterocycles. The van der Waals surface area contributed by atoms with Crippen LogP contribution in [0.1, 0.15) is 45.1 Å². The molecule has 1 rings (SSSR count). The third-order valence-corrected chi connectivity index (χ3v) is 3.63. The van der Waals surface area contributed by atoms with E-state index in [9.17, 15) is 0 Å². The summed E-state index contributed by atoms with van der Waals surface area (Å²) in [6, 6.07) is 4.14. The first-order valence-electron chi connectivity index (χ1n) is 7.42. The van der Waals surface area contributed by atoms with E-state index >= 15 is 0 Å². The quantitative estimate of drug-likeness (QED) is 0.633. The van der Waals surface area contributed by atoms with Crippen LogP contribution in [0.3, 0.4) is 0 Å². The molecule has 0 aliphatic rings. The molecule has 0 amide bonds. The highest BCUT2D eigenvalue weighted by Gasteiger charge is 2.11. The van der Waals surface area contributed by atoms with Gasteiger partial charge in [0.05, 0.1) is 18.2 Å². The summed E-state index contributed by atoms with van der Waals surface area (Å²) in [5.74, 6) is 1.60. The molecular formula is C16H26BrNO2. The molecule has 0 unspecified atom stereocenters. The lowest BCUT2D eigenvalue weighted by molar-refractivity contribution is 0.284. The summed E-state index contributed by atoms with van der Waals surface area (Å²) >= 11 is 3.58. The molecule has 20 heavy (non-hydrogen) atoms. The number of methoxy groups -OCH3 is 1. The molecule has 0 aromatic heterocycles. The van der Waals surface area contributed by atoms with Gasteiger partial charge in [-0.05, 0) is 53.0 Å². The fraction of sp³-hybridized carbons (Fsp3) is 0.625. The van der Waals surface area contributed by atoms with E-state index in [1.165, 1.54) is 18.4 Å². The summed E-state index contributed by atoms with van der Waals surface area (Å²) in [4.78, 5) is 0. The standard InChI is InChI=1S/C16H26BrNO2/c1-4-6-7-9-20-16-14(17)10-13(11-15(16)19-3)12-18-8-5-2/h10-11,18H,4-9,12H2,1-3H3. The van der Waals surface area contributed by atoms with Gasteiger partial charge in [0.2, 0.25) is 0 Å². The minimum Gasteiger partial charge on any atom is -0.493 e. The van der Waals surface area contributed by atoms with Crippen molar-refractivity contribution in [2.45, 2.75) is 46.1 Å². The van der Waals surface area contributed by atoms with Crippen LogP contribution in [0.25, 0.3) is 0 Å². The topological polar surface area (TPSA) is 30.5 Å². The second kappa shape index (κ2) is 10.1. The molecule has 1 aromatic rings. The molecular weight excluding hydrogens is 318 g/mol. The molecule has 1 aromatic carbocycles. The van der Waals surface area contributed by atoms with E-state index in [-0.39, 0.29) is 0 Å². The molecule has 0 aliphatic heterocycles. The van der Waals surface area contributed by atoms with Crippen LogP contribution in [-0.2, 0) is 6.54 Å². The first-order chi connectivity index (χ1) is 9.72. The molecule has 0 atom stereocenters. The Morgan fingerprint density at radius 2 is 1.95 bits per heavy atom. The summed E-state index contributed by atoms with van der Waals surface area (Å²) in [7, 11) is 1.68. The predicted molar refractivity (Wildman–Crippen MR) is 87.7 cm³/mol. The molecule has 0 aliphatic carbocycles. The highest BCUT2D eigenvalue weighted by atomic mass is 79.9. The molecule has 1 N–H and O–H groups in total. The number of unbranched alkanes of at least 4 members (excludes halogenated alkanes) is 2. The number of rotatable bonds is 10. The van der Waals surface area contributed by atoms with Gasteiger partial charge in [0.25, 0.3) is 0 Å². The van der Waals surface area contributed by atoms with E-state index in [1.807, 2.05) is 6.07 Å². The van der Waals surface area contributed by atoms with Gasteiger partial charge in [0, 0.05) is 6.54 Å². The van der Waals surface area contributed by atoms with Crippen molar-refractivity contribution < 1.29 is 9.47 Å². The van der Waals surface area contributed by atoms with Crippen molar-refractivity contribution in [3.05, 3.63) is 22.2 Å². The zero-order valence-corrected chi connectivity index (χ0v) is 14.4. The molecule has 0 saturated heterocycles. The zero-order chi connectivity index (χ0) is 14.8. The molecule has 0 fully saturated rings. The Bertz CT molecular complexity index is 396. The summed E-state index contributed by atoms with van der Waals surface area (Å²) < 4.78 is 12.3. The van der Waals surface area contributed by atoms with Gasteiger partial charge in [-0.1, -0.05) is 26.7 Å². The Kier molecular flexibility index (Phi) is 8.70. The average Bonchev–Trinajstić information content (AvgIpc) is 2.45. The first kappa shape index (κ1) is 17.3. The van der Waals surface area contributed by atoms with Crippen LogP contribution >= 0.6 is 15.9 Å². The molecule has 114 valence electrons. The molecule has 4 heteroatoms. The summed E-state index contributed by atoms with van der Waals surface area (Å²) in [5.41, 5.74) is 1.20. The van der Waals surface area contributed by atoms with Crippen molar-refractivity contribution in [1.82, 2.24) is 5.32 Å². The number of benzene rings is 1. The van der Waals surface area contributed by atoms with Crippen LogP contribution in [0, 0.1) is 0 Å². The maximum Gasteiger partial charge on any atom is 0.175 e. The number of hydrogen-bond acceptors (Lipinski definition) is 3. The van der Waals surface area contributed by atoms with Gasteiger partial charge >= 0.3 is 0 Å². The monoisotopic (exact) mass is 343 g/mol. The lowest BCUT2D eigenvalue weighted by Gasteiger charge is -2.14. The van der Waals surface area contributed by atoms with Crippen LogP contribution in [0.2, 0.25) is 0 Å². The molecule has 0 bridgehead atoms. The van der Waals surface area contributed by atoms with Gasteiger partial charge in [0.1, 0.15) is 0 Å². The minimum atomic E-state index is 0.732. The minimum absolute atomic E-state index is 0.732. The van der Waals surface area contributed by atoms with Gasteiger partial charge in [-0.25, -0.2) is 0 Å². The molecule has 3 nitrogen and oxygen atoms in total. The van der Waals surface area contributed by atoms with Crippen molar-refractivity contribution in [1.29, 1.82) is 0 Å². The van der Waals surface area contributed by atoms with Gasteiger partial charge in [-0.15, -0.1) is 0 Å². The highest BCUT2D eigenvalue weighted by molar-refractivity contribution is 9.10. The van der Waals surface area contributed by atoms with Crippen molar-refractivity contribution in [3.8, 4) is 11.5 Å². The van der Waals surface area contributed by atoms with Crippen LogP contribution in [-0.4, -0.2) is 20.3 Å². The maximum atomic E-state index is 5.85. The number of ether oxygens (including phenoxy) is 2. The highest BCUT2D eigenvalue weighted by Crippen LogP contribution is 2.36. The predicted octanol–water partition coefficient (Wildman–Crippen LogP) is 4.53. The number of hydrogen-bond donors (Lipinski definition) is 1. The fourth-order valence-electron chi connectivity index (χ4n) is 1.95. The van der Waals surface area contributed by atoms with Crippen LogP contribution in [0.5, 0.6) is 11.5 Å². The molecule has 0 spiro atoms. The van der Waals surface area contributed by atoms with Crippen LogP contribution in [0.4, 0.5) is 0 Å². The zero-order valence-electron chi connectivity index (χ0n) is 12.8. The normalized spacial score (nSPS) is 10.6. The third kappa shape index (κ3) is 5.71. The Morgan fingerprint density at radius 1 is 1.15 bits per heavy atom. The molecule has 0 saturated carbocycles. The van der Waals surface area contributed by atoms with E-state index < -0.39 is 0 Å². The van der Waals surface area contributed by atoms with Gasteiger partial charge in [-0.3, -0.25) is 0 Å². The lowest BCUT2D eigenvalue weighted by Crippen LogP contribution is -2.14. The Morgan fingerprint density at radius 3 is 2.60 bits per heavy atom. The van der Waals surface area contributed by atoms with Crippen molar-refractivity contribution in [2.24, 2.45) is 0 Å². The van der Waals surface area contributed by atoms with E-state index in [4.69, 9.17) is 9.47 Å². The van der Waals surface area contributed by atoms with Crippen molar-refractivity contribution in [3.63, 3.8) is 0 Å². The summed E-state index contributed by atoms with van der Waals surface area (Å²) in [5, 5.41) is 3.39.